The number of rotatable bonds is 7. The van der Waals surface area contributed by atoms with Gasteiger partial charge in [-0.05, 0) is 30.7 Å². The first-order valence-electron chi connectivity index (χ1n) is 8.99. The van der Waals surface area contributed by atoms with E-state index < -0.39 is 23.7 Å². The van der Waals surface area contributed by atoms with Gasteiger partial charge in [0, 0.05) is 11.6 Å². The molecule has 2 aromatic heterocycles. The number of alkyl halides is 3. The molecule has 0 aliphatic rings. The van der Waals surface area contributed by atoms with Crippen LogP contribution in [0.1, 0.15) is 43.6 Å². The van der Waals surface area contributed by atoms with E-state index >= 15 is 0 Å². The van der Waals surface area contributed by atoms with Crippen molar-refractivity contribution in [3.8, 4) is 11.4 Å². The van der Waals surface area contributed by atoms with Crippen molar-refractivity contribution in [2.75, 3.05) is 5.32 Å². The van der Waals surface area contributed by atoms with Crippen LogP contribution < -0.4 is 5.32 Å². The summed E-state index contributed by atoms with van der Waals surface area (Å²) in [6.45, 7) is 3.66. The number of benzene rings is 1. The largest absolute Gasteiger partial charge is 0.416 e. The van der Waals surface area contributed by atoms with Crippen molar-refractivity contribution in [2.24, 2.45) is 0 Å². The molecule has 154 valence electrons. The molecule has 1 amide bonds. The maximum Gasteiger partial charge on any atom is 0.416 e. The number of halogens is 3. The molecule has 1 atom stereocenters. The normalized spacial score (nSPS) is 12.7. The molecule has 3 aromatic rings. The molecule has 1 N–H and O–H groups in total. The number of hydrogen-bond acceptors (Lipinski definition) is 6. The number of aromatic nitrogens is 5. The van der Waals surface area contributed by atoms with Crippen LogP contribution in [0, 0.1) is 6.92 Å². The van der Waals surface area contributed by atoms with Crippen molar-refractivity contribution in [1.29, 1.82) is 0 Å². The molecule has 1 unspecified atom stereocenters. The van der Waals surface area contributed by atoms with Crippen LogP contribution in [-0.4, -0.2) is 31.3 Å². The van der Waals surface area contributed by atoms with Crippen LogP contribution in [0.4, 0.5) is 19.0 Å². The topological polar surface area (TPSA) is 98.7 Å². The molecule has 0 spiro atoms. The molecule has 0 saturated carbocycles. The number of carbonyl (C=O) groups excluding carboxylic acids is 1. The van der Waals surface area contributed by atoms with Gasteiger partial charge in [-0.25, -0.2) is 0 Å². The second-order valence-electron chi connectivity index (χ2n) is 6.48. The first kappa shape index (κ1) is 20.5. The van der Waals surface area contributed by atoms with E-state index in [0.29, 0.717) is 12.2 Å². The van der Waals surface area contributed by atoms with Gasteiger partial charge in [-0.3, -0.25) is 4.79 Å². The third-order valence-electron chi connectivity index (χ3n) is 4.17. The Bertz CT molecular complexity index is 982. The minimum atomic E-state index is -4.48. The standard InChI is InChI=1S/C18H19F3N6O2/c1-3-4-8-14(17(28)22-15-9-11(2)29-25-15)27-24-16(23-26-27)12-6-5-7-13(10-12)18(19,20)21/h5-7,9-10,14H,3-4,8H2,1-2H3,(H,22,25,28). The van der Waals surface area contributed by atoms with Crippen LogP contribution in [0.25, 0.3) is 11.4 Å². The second kappa shape index (κ2) is 8.41. The molecule has 0 fully saturated rings. The third-order valence-corrected chi connectivity index (χ3v) is 4.17. The maximum atomic E-state index is 12.9. The maximum absolute atomic E-state index is 12.9. The predicted molar refractivity (Wildman–Crippen MR) is 96.7 cm³/mol. The zero-order chi connectivity index (χ0) is 21.0. The van der Waals surface area contributed by atoms with Gasteiger partial charge in [0.25, 0.3) is 5.91 Å². The molecule has 0 aliphatic heterocycles. The summed E-state index contributed by atoms with van der Waals surface area (Å²) in [7, 11) is 0. The fraction of sp³-hybridized carbons (Fsp3) is 0.389. The van der Waals surface area contributed by atoms with Gasteiger partial charge in [-0.2, -0.15) is 18.0 Å². The number of nitrogens with zero attached hydrogens (tertiary/aromatic N) is 5. The molecular weight excluding hydrogens is 389 g/mol. The van der Waals surface area contributed by atoms with Gasteiger partial charge in [0.15, 0.2) is 11.9 Å². The van der Waals surface area contributed by atoms with E-state index in [-0.39, 0.29) is 17.2 Å². The molecule has 29 heavy (non-hydrogen) atoms. The highest BCUT2D eigenvalue weighted by Crippen LogP contribution is 2.31. The van der Waals surface area contributed by atoms with Gasteiger partial charge >= 0.3 is 6.18 Å². The number of hydrogen-bond donors (Lipinski definition) is 1. The van der Waals surface area contributed by atoms with Crippen molar-refractivity contribution in [3.63, 3.8) is 0 Å². The average Bonchev–Trinajstić information content (AvgIpc) is 3.31. The monoisotopic (exact) mass is 408 g/mol. The molecule has 0 aliphatic carbocycles. The molecule has 1 aromatic carbocycles. The number of carbonyl (C=O) groups is 1. The Balaban J connectivity index is 1.84. The summed E-state index contributed by atoms with van der Waals surface area (Å²) < 4.78 is 43.8. The lowest BCUT2D eigenvalue weighted by Gasteiger charge is -2.13. The van der Waals surface area contributed by atoms with Crippen LogP contribution in [0.15, 0.2) is 34.9 Å². The summed E-state index contributed by atoms with van der Waals surface area (Å²) in [4.78, 5) is 13.8. The van der Waals surface area contributed by atoms with E-state index in [4.69, 9.17) is 4.52 Å². The molecule has 3 rings (SSSR count). The van der Waals surface area contributed by atoms with Crippen molar-refractivity contribution in [3.05, 3.63) is 41.7 Å². The van der Waals surface area contributed by atoms with Crippen LogP contribution in [0.2, 0.25) is 0 Å². The first-order chi connectivity index (χ1) is 13.8. The Kier molecular flexibility index (Phi) is 5.95. The Morgan fingerprint density at radius 1 is 1.31 bits per heavy atom. The number of nitrogens with one attached hydrogen (secondary N) is 1. The number of tetrazole rings is 1. The fourth-order valence-corrected chi connectivity index (χ4v) is 2.69. The SMILES string of the molecule is CCCCC(C(=O)Nc1cc(C)on1)n1nnc(-c2cccc(C(F)(F)F)c2)n1. The zero-order valence-electron chi connectivity index (χ0n) is 15.8. The van der Waals surface area contributed by atoms with Gasteiger partial charge in [0.2, 0.25) is 5.82 Å². The Labute approximate surface area is 164 Å². The second-order valence-corrected chi connectivity index (χ2v) is 6.48. The van der Waals surface area contributed by atoms with Gasteiger partial charge < -0.3 is 9.84 Å². The summed E-state index contributed by atoms with van der Waals surface area (Å²) >= 11 is 0. The van der Waals surface area contributed by atoms with Gasteiger partial charge in [-0.1, -0.05) is 37.1 Å². The predicted octanol–water partition coefficient (Wildman–Crippen LogP) is 4.03. The molecular formula is C18H19F3N6O2. The molecule has 0 saturated heterocycles. The van der Waals surface area contributed by atoms with E-state index in [9.17, 15) is 18.0 Å². The Morgan fingerprint density at radius 3 is 2.76 bits per heavy atom. The van der Waals surface area contributed by atoms with Crippen molar-refractivity contribution in [1.82, 2.24) is 25.4 Å². The van der Waals surface area contributed by atoms with Crippen LogP contribution in [0.5, 0.6) is 0 Å². The highest BCUT2D eigenvalue weighted by Gasteiger charge is 2.31. The Morgan fingerprint density at radius 2 is 2.10 bits per heavy atom. The average molecular weight is 408 g/mol. The molecule has 2 heterocycles. The molecule has 0 bridgehead atoms. The van der Waals surface area contributed by atoms with Gasteiger partial charge in [0.05, 0.1) is 5.56 Å². The molecule has 11 heteroatoms. The van der Waals surface area contributed by atoms with Crippen LogP contribution in [-0.2, 0) is 11.0 Å². The Hall–Kier alpha value is -3.24. The van der Waals surface area contributed by atoms with Crippen molar-refractivity contribution < 1.29 is 22.5 Å². The lowest BCUT2D eigenvalue weighted by molar-refractivity contribution is -0.137. The summed E-state index contributed by atoms with van der Waals surface area (Å²) in [6.07, 6.45) is -2.50. The molecule has 0 radical (unpaired) electrons. The summed E-state index contributed by atoms with van der Waals surface area (Å²) in [6, 6.07) is 5.41. The van der Waals surface area contributed by atoms with Crippen LogP contribution in [0.3, 0.4) is 0 Å². The third kappa shape index (κ3) is 4.98. The minimum absolute atomic E-state index is 0.00248. The minimum Gasteiger partial charge on any atom is -0.360 e. The summed E-state index contributed by atoms with van der Waals surface area (Å²) in [5, 5.41) is 18.2. The highest BCUT2D eigenvalue weighted by molar-refractivity contribution is 5.92. The van der Waals surface area contributed by atoms with Crippen LogP contribution >= 0.6 is 0 Å². The summed E-state index contributed by atoms with van der Waals surface area (Å²) in [5.41, 5.74) is -0.652. The summed E-state index contributed by atoms with van der Waals surface area (Å²) in [5.74, 6) is 0.380. The lowest BCUT2D eigenvalue weighted by Crippen LogP contribution is -2.28. The quantitative estimate of drug-likeness (QED) is 0.634. The van der Waals surface area contributed by atoms with E-state index in [1.807, 2.05) is 6.92 Å². The van der Waals surface area contributed by atoms with Gasteiger partial charge in [-0.15, -0.1) is 10.2 Å². The van der Waals surface area contributed by atoms with E-state index in [1.165, 1.54) is 12.1 Å². The lowest BCUT2D eigenvalue weighted by atomic mass is 10.1. The van der Waals surface area contributed by atoms with Gasteiger partial charge in [0.1, 0.15) is 5.76 Å². The number of amides is 1. The van der Waals surface area contributed by atoms with Crippen molar-refractivity contribution >= 4 is 11.7 Å². The van der Waals surface area contributed by atoms with Crippen molar-refractivity contribution in [2.45, 2.75) is 45.3 Å². The van der Waals surface area contributed by atoms with E-state index in [0.717, 1.165) is 29.8 Å². The number of anilines is 1. The fourth-order valence-electron chi connectivity index (χ4n) is 2.69. The number of unbranched alkanes of at least 4 members (excludes halogenated alkanes) is 1. The van der Waals surface area contributed by atoms with E-state index in [1.54, 1.807) is 13.0 Å². The molecule has 8 nitrogen and oxygen atoms in total. The zero-order valence-corrected chi connectivity index (χ0v) is 15.8. The van der Waals surface area contributed by atoms with E-state index in [2.05, 4.69) is 25.9 Å². The highest BCUT2D eigenvalue weighted by atomic mass is 19.4. The smallest absolute Gasteiger partial charge is 0.360 e. The number of aryl methyl sites for hydroxylation is 1. The first-order valence-corrected chi connectivity index (χ1v) is 8.99.